The Morgan fingerprint density at radius 1 is 1.38 bits per heavy atom. The normalized spacial score (nSPS) is 19.4. The number of aliphatic hydroxyl groups excluding tert-OH is 1. The molecule has 2 rings (SSSR count). The largest absolute Gasteiger partial charge is 0.395 e. The average Bonchev–Trinajstić information content (AvgIpc) is 3.11. The minimum absolute atomic E-state index is 0.0120. The predicted octanol–water partition coefficient (Wildman–Crippen LogP) is 2.02. The first-order valence-electron chi connectivity index (χ1n) is 5.49. The van der Waals surface area contributed by atoms with E-state index < -0.39 is 0 Å². The molecule has 1 aliphatic carbocycles. The summed E-state index contributed by atoms with van der Waals surface area (Å²) >= 11 is 1.53. The number of benzene rings is 1. The van der Waals surface area contributed by atoms with Gasteiger partial charge in [0.2, 0.25) is 0 Å². The van der Waals surface area contributed by atoms with E-state index in [2.05, 4.69) is 0 Å². The molecule has 0 bridgehead atoms. The Balaban J connectivity index is 1.97. The van der Waals surface area contributed by atoms with Crippen LogP contribution in [0.4, 0.5) is 4.39 Å². The Labute approximate surface area is 99.0 Å². The van der Waals surface area contributed by atoms with Gasteiger partial charge in [-0.1, -0.05) is 0 Å². The van der Waals surface area contributed by atoms with Crippen LogP contribution in [0, 0.1) is 11.7 Å². The fourth-order valence-electron chi connectivity index (χ4n) is 1.71. The van der Waals surface area contributed by atoms with Crippen molar-refractivity contribution in [2.45, 2.75) is 29.0 Å². The van der Waals surface area contributed by atoms with E-state index in [0.29, 0.717) is 5.92 Å². The van der Waals surface area contributed by atoms with Gasteiger partial charge in [-0.3, -0.25) is 0 Å². The van der Waals surface area contributed by atoms with E-state index in [0.717, 1.165) is 4.90 Å². The lowest BCUT2D eigenvalue weighted by Gasteiger charge is -2.21. The van der Waals surface area contributed by atoms with Crippen molar-refractivity contribution in [3.05, 3.63) is 30.1 Å². The molecule has 1 saturated carbocycles. The van der Waals surface area contributed by atoms with Crippen LogP contribution in [0.3, 0.4) is 0 Å². The van der Waals surface area contributed by atoms with E-state index in [-0.39, 0.29) is 23.7 Å². The number of rotatable bonds is 5. The maximum atomic E-state index is 12.7. The molecule has 0 aliphatic heterocycles. The molecule has 88 valence electrons. The summed E-state index contributed by atoms with van der Waals surface area (Å²) < 4.78 is 12.7. The van der Waals surface area contributed by atoms with Gasteiger partial charge in [0.15, 0.2) is 0 Å². The third-order valence-corrected chi connectivity index (χ3v) is 4.19. The first-order chi connectivity index (χ1) is 7.70. The molecule has 2 nitrogen and oxygen atoms in total. The van der Waals surface area contributed by atoms with E-state index in [1.165, 1.54) is 36.7 Å². The van der Waals surface area contributed by atoms with Gasteiger partial charge in [0.05, 0.1) is 6.61 Å². The molecule has 0 saturated heterocycles. The van der Waals surface area contributed by atoms with E-state index in [1.807, 2.05) is 0 Å². The molecular formula is C12H16FNOS. The monoisotopic (exact) mass is 241 g/mol. The number of hydrogen-bond acceptors (Lipinski definition) is 3. The van der Waals surface area contributed by atoms with Gasteiger partial charge in [-0.15, -0.1) is 11.8 Å². The van der Waals surface area contributed by atoms with Crippen LogP contribution in [0.5, 0.6) is 0 Å². The summed E-state index contributed by atoms with van der Waals surface area (Å²) in [5.74, 6) is 0.321. The maximum absolute atomic E-state index is 12.7. The highest BCUT2D eigenvalue weighted by molar-refractivity contribution is 8.00. The summed E-state index contributed by atoms with van der Waals surface area (Å²) in [5.41, 5.74) is 6.06. The minimum Gasteiger partial charge on any atom is -0.395 e. The van der Waals surface area contributed by atoms with Crippen molar-refractivity contribution in [3.8, 4) is 0 Å². The van der Waals surface area contributed by atoms with Gasteiger partial charge in [-0.05, 0) is 43.0 Å². The van der Waals surface area contributed by atoms with Crippen molar-refractivity contribution in [1.82, 2.24) is 0 Å². The van der Waals surface area contributed by atoms with E-state index in [9.17, 15) is 9.50 Å². The van der Waals surface area contributed by atoms with Crippen molar-refractivity contribution in [2.24, 2.45) is 11.7 Å². The average molecular weight is 241 g/mol. The van der Waals surface area contributed by atoms with Gasteiger partial charge in [0, 0.05) is 16.2 Å². The Morgan fingerprint density at radius 3 is 2.50 bits per heavy atom. The molecule has 0 aromatic heterocycles. The van der Waals surface area contributed by atoms with Gasteiger partial charge in [0.1, 0.15) is 5.82 Å². The van der Waals surface area contributed by atoms with Crippen molar-refractivity contribution < 1.29 is 9.50 Å². The second-order valence-electron chi connectivity index (χ2n) is 4.21. The highest BCUT2D eigenvalue weighted by Gasteiger charge is 2.34. The Hall–Kier alpha value is -0.580. The highest BCUT2D eigenvalue weighted by Crippen LogP contribution is 2.37. The third-order valence-electron chi connectivity index (χ3n) is 2.88. The molecule has 0 radical (unpaired) electrons. The fourth-order valence-corrected chi connectivity index (χ4v) is 2.81. The summed E-state index contributed by atoms with van der Waals surface area (Å²) in [5, 5.41) is 9.33. The molecule has 3 N–H and O–H groups in total. The van der Waals surface area contributed by atoms with E-state index in [1.54, 1.807) is 12.1 Å². The van der Waals surface area contributed by atoms with Crippen molar-refractivity contribution in [2.75, 3.05) is 6.61 Å². The van der Waals surface area contributed by atoms with Crippen LogP contribution in [-0.4, -0.2) is 23.0 Å². The molecule has 2 atom stereocenters. The molecular weight excluding hydrogens is 225 g/mol. The second kappa shape index (κ2) is 5.17. The van der Waals surface area contributed by atoms with E-state index >= 15 is 0 Å². The zero-order valence-electron chi connectivity index (χ0n) is 8.97. The lowest BCUT2D eigenvalue weighted by atomic mass is 10.1. The lowest BCUT2D eigenvalue weighted by Crippen LogP contribution is -2.36. The zero-order chi connectivity index (χ0) is 11.5. The van der Waals surface area contributed by atoms with Crippen molar-refractivity contribution >= 4 is 11.8 Å². The lowest BCUT2D eigenvalue weighted by molar-refractivity contribution is 0.277. The fraction of sp³-hybridized carbons (Fsp3) is 0.500. The number of aliphatic hydroxyl groups is 1. The first kappa shape index (κ1) is 11.9. The summed E-state index contributed by atoms with van der Waals surface area (Å²) in [6, 6.07) is 6.35. The predicted molar refractivity (Wildman–Crippen MR) is 63.8 cm³/mol. The molecule has 4 heteroatoms. The Bertz CT molecular complexity index is 339. The van der Waals surface area contributed by atoms with Gasteiger partial charge >= 0.3 is 0 Å². The molecule has 1 aromatic rings. The number of thioether (sulfide) groups is 1. The second-order valence-corrected chi connectivity index (χ2v) is 5.52. The first-order valence-corrected chi connectivity index (χ1v) is 6.37. The molecule has 0 spiro atoms. The molecule has 0 amide bonds. The zero-order valence-corrected chi connectivity index (χ0v) is 9.79. The van der Waals surface area contributed by atoms with Crippen LogP contribution in [0.1, 0.15) is 12.8 Å². The summed E-state index contributed by atoms with van der Waals surface area (Å²) in [6.07, 6.45) is 2.34. The van der Waals surface area contributed by atoms with Crippen LogP contribution < -0.4 is 5.73 Å². The van der Waals surface area contributed by atoms with Gasteiger partial charge in [-0.2, -0.15) is 0 Å². The van der Waals surface area contributed by atoms with Crippen LogP contribution >= 0.6 is 11.8 Å². The van der Waals surface area contributed by atoms with Gasteiger partial charge in [-0.25, -0.2) is 4.39 Å². The molecule has 1 aromatic carbocycles. The van der Waals surface area contributed by atoms with Crippen LogP contribution in [0.15, 0.2) is 29.2 Å². The number of hydrogen-bond donors (Lipinski definition) is 2. The molecule has 2 unspecified atom stereocenters. The SMILES string of the molecule is NC(C1CC1)C(CO)Sc1ccc(F)cc1. The topological polar surface area (TPSA) is 46.2 Å². The standard InChI is InChI=1S/C12H16FNOS/c13-9-3-5-10(6-4-9)16-11(7-15)12(14)8-1-2-8/h3-6,8,11-12,15H,1-2,7,14H2. The van der Waals surface area contributed by atoms with Crippen molar-refractivity contribution in [3.63, 3.8) is 0 Å². The Morgan fingerprint density at radius 2 is 2.00 bits per heavy atom. The molecule has 0 heterocycles. The summed E-state index contributed by atoms with van der Waals surface area (Å²) in [4.78, 5) is 0.955. The van der Waals surface area contributed by atoms with E-state index in [4.69, 9.17) is 5.73 Å². The van der Waals surface area contributed by atoms with Crippen LogP contribution in [0.25, 0.3) is 0 Å². The minimum atomic E-state index is -0.239. The molecule has 1 aliphatic rings. The molecule has 16 heavy (non-hydrogen) atoms. The summed E-state index contributed by atoms with van der Waals surface area (Å²) in [7, 11) is 0. The van der Waals surface area contributed by atoms with Gasteiger partial charge < -0.3 is 10.8 Å². The Kier molecular flexibility index (Phi) is 3.84. The van der Waals surface area contributed by atoms with Crippen LogP contribution in [0.2, 0.25) is 0 Å². The summed E-state index contributed by atoms with van der Waals surface area (Å²) in [6.45, 7) is 0.0692. The van der Waals surface area contributed by atoms with Crippen molar-refractivity contribution in [1.29, 1.82) is 0 Å². The number of nitrogens with two attached hydrogens (primary N) is 1. The number of halogens is 1. The third kappa shape index (κ3) is 2.97. The quantitative estimate of drug-likeness (QED) is 0.775. The van der Waals surface area contributed by atoms with Crippen LogP contribution in [-0.2, 0) is 0 Å². The van der Waals surface area contributed by atoms with Gasteiger partial charge in [0.25, 0.3) is 0 Å². The maximum Gasteiger partial charge on any atom is 0.123 e. The smallest absolute Gasteiger partial charge is 0.123 e. The highest BCUT2D eigenvalue weighted by atomic mass is 32.2. The molecule has 1 fully saturated rings.